The second kappa shape index (κ2) is 7.02. The van der Waals surface area contributed by atoms with E-state index in [1.165, 1.54) is 17.3 Å². The predicted octanol–water partition coefficient (Wildman–Crippen LogP) is 5.27. The number of thioether (sulfide) groups is 1. The summed E-state index contributed by atoms with van der Waals surface area (Å²) in [6, 6.07) is 15.7. The van der Waals surface area contributed by atoms with E-state index in [4.69, 9.17) is 17.0 Å². The number of thiocarbonyl (C=S) groups is 1. The summed E-state index contributed by atoms with van der Waals surface area (Å²) in [7, 11) is 0. The number of nitrogens with one attached hydrogen (secondary N) is 1. The molecular weight excluding hydrogens is 350 g/mol. The van der Waals surface area contributed by atoms with Gasteiger partial charge < -0.3 is 10.1 Å². The van der Waals surface area contributed by atoms with Crippen molar-refractivity contribution in [3.8, 4) is 11.5 Å². The molecule has 1 amide bonds. The Hall–Kier alpha value is -2.11. The molecular formula is C20H19NO2S2. The van der Waals surface area contributed by atoms with Gasteiger partial charge in [-0.1, -0.05) is 75.1 Å². The molecule has 0 bridgehead atoms. The number of para-hydroxylation sites is 1. The van der Waals surface area contributed by atoms with Gasteiger partial charge in [-0.05, 0) is 35.3 Å². The Balaban J connectivity index is 1.86. The van der Waals surface area contributed by atoms with E-state index in [0.717, 1.165) is 11.3 Å². The first kappa shape index (κ1) is 17.7. The zero-order valence-corrected chi connectivity index (χ0v) is 16.0. The highest BCUT2D eigenvalue weighted by atomic mass is 32.2. The molecule has 1 aliphatic heterocycles. The predicted molar refractivity (Wildman–Crippen MR) is 108 cm³/mol. The van der Waals surface area contributed by atoms with E-state index >= 15 is 0 Å². The van der Waals surface area contributed by atoms with Gasteiger partial charge in [-0.25, -0.2) is 0 Å². The minimum absolute atomic E-state index is 0.104. The van der Waals surface area contributed by atoms with Gasteiger partial charge in [-0.15, -0.1) is 0 Å². The Labute approximate surface area is 157 Å². The van der Waals surface area contributed by atoms with Crippen molar-refractivity contribution in [2.24, 2.45) is 0 Å². The SMILES string of the molecule is CC(C)(C)c1ccc(Oc2ccccc2C=C2SC(=S)NC2=O)cc1. The molecule has 5 heteroatoms. The molecule has 1 fully saturated rings. The standard InChI is InChI=1S/C20H19NO2S2/c1-20(2,3)14-8-10-15(11-9-14)23-16-7-5-4-6-13(16)12-17-18(22)21-19(24)25-17/h4-12H,1-3H3,(H,21,22,24). The Bertz CT molecular complexity index is 849. The Kier molecular flexibility index (Phi) is 4.97. The van der Waals surface area contributed by atoms with Crippen molar-refractivity contribution >= 4 is 40.3 Å². The minimum atomic E-state index is -0.167. The molecule has 0 aromatic heterocycles. The van der Waals surface area contributed by atoms with Gasteiger partial charge in [0, 0.05) is 5.56 Å². The molecule has 1 heterocycles. The topological polar surface area (TPSA) is 38.3 Å². The average Bonchev–Trinajstić information content (AvgIpc) is 2.86. The van der Waals surface area contributed by atoms with Gasteiger partial charge in [0.1, 0.15) is 15.8 Å². The highest BCUT2D eigenvalue weighted by molar-refractivity contribution is 8.26. The number of carbonyl (C=O) groups is 1. The molecule has 1 aliphatic rings. The van der Waals surface area contributed by atoms with Crippen molar-refractivity contribution in [2.45, 2.75) is 26.2 Å². The molecule has 0 saturated carbocycles. The molecule has 2 aromatic carbocycles. The minimum Gasteiger partial charge on any atom is -0.457 e. The van der Waals surface area contributed by atoms with Gasteiger partial charge in [0.15, 0.2) is 0 Å². The summed E-state index contributed by atoms with van der Waals surface area (Å²) in [5, 5.41) is 2.62. The van der Waals surface area contributed by atoms with Crippen molar-refractivity contribution in [1.29, 1.82) is 0 Å². The Morgan fingerprint density at radius 1 is 1.08 bits per heavy atom. The molecule has 0 atom stereocenters. The monoisotopic (exact) mass is 369 g/mol. The lowest BCUT2D eigenvalue weighted by atomic mass is 9.87. The normalized spacial score (nSPS) is 16.2. The van der Waals surface area contributed by atoms with Crippen molar-refractivity contribution in [3.63, 3.8) is 0 Å². The number of amides is 1. The van der Waals surface area contributed by atoms with E-state index in [0.29, 0.717) is 15.0 Å². The van der Waals surface area contributed by atoms with E-state index in [-0.39, 0.29) is 11.3 Å². The van der Waals surface area contributed by atoms with Crippen LogP contribution in [0.3, 0.4) is 0 Å². The number of carbonyl (C=O) groups excluding carboxylic acids is 1. The van der Waals surface area contributed by atoms with Gasteiger partial charge in [0.25, 0.3) is 5.91 Å². The average molecular weight is 370 g/mol. The van der Waals surface area contributed by atoms with Crippen LogP contribution in [-0.2, 0) is 10.2 Å². The van der Waals surface area contributed by atoms with E-state index in [1.807, 2.05) is 36.4 Å². The molecule has 3 rings (SSSR count). The summed E-state index contributed by atoms with van der Waals surface area (Å²) >= 11 is 6.29. The van der Waals surface area contributed by atoms with Crippen LogP contribution in [0.15, 0.2) is 53.4 Å². The zero-order chi connectivity index (χ0) is 18.0. The number of benzene rings is 2. The van der Waals surface area contributed by atoms with Gasteiger partial charge in [-0.2, -0.15) is 0 Å². The van der Waals surface area contributed by atoms with Crippen LogP contribution in [0.2, 0.25) is 0 Å². The van der Waals surface area contributed by atoms with Crippen LogP contribution in [0, 0.1) is 0 Å². The molecule has 128 valence electrons. The number of hydrogen-bond acceptors (Lipinski definition) is 4. The summed E-state index contributed by atoms with van der Waals surface area (Å²) in [5.41, 5.74) is 2.19. The van der Waals surface area contributed by atoms with Crippen LogP contribution in [0.25, 0.3) is 6.08 Å². The van der Waals surface area contributed by atoms with E-state index in [2.05, 4.69) is 38.2 Å². The van der Waals surface area contributed by atoms with E-state index < -0.39 is 0 Å². The molecule has 3 nitrogen and oxygen atoms in total. The third-order valence-corrected chi connectivity index (χ3v) is 4.96. The molecule has 0 unspecified atom stereocenters. The second-order valence-corrected chi connectivity index (χ2v) is 8.49. The van der Waals surface area contributed by atoms with Crippen molar-refractivity contribution in [1.82, 2.24) is 5.32 Å². The summed E-state index contributed by atoms with van der Waals surface area (Å²) in [6.07, 6.45) is 1.80. The lowest BCUT2D eigenvalue weighted by molar-refractivity contribution is -0.115. The van der Waals surface area contributed by atoms with E-state index in [9.17, 15) is 4.79 Å². The lowest BCUT2D eigenvalue weighted by Crippen LogP contribution is -2.17. The maximum absolute atomic E-state index is 11.9. The van der Waals surface area contributed by atoms with Crippen LogP contribution >= 0.6 is 24.0 Å². The fourth-order valence-electron chi connectivity index (χ4n) is 2.40. The highest BCUT2D eigenvalue weighted by Gasteiger charge is 2.22. The first-order valence-corrected chi connectivity index (χ1v) is 9.18. The van der Waals surface area contributed by atoms with Crippen LogP contribution in [0.5, 0.6) is 11.5 Å². The summed E-state index contributed by atoms with van der Waals surface area (Å²) in [5.74, 6) is 1.29. The fraction of sp³-hybridized carbons (Fsp3) is 0.200. The smallest absolute Gasteiger partial charge is 0.263 e. The first-order chi connectivity index (χ1) is 11.8. The fourth-order valence-corrected chi connectivity index (χ4v) is 3.44. The second-order valence-electron chi connectivity index (χ2n) is 6.77. The van der Waals surface area contributed by atoms with E-state index in [1.54, 1.807) is 6.08 Å². The van der Waals surface area contributed by atoms with Crippen molar-refractivity contribution < 1.29 is 9.53 Å². The third-order valence-electron chi connectivity index (χ3n) is 3.80. The summed E-state index contributed by atoms with van der Waals surface area (Å²) < 4.78 is 6.51. The van der Waals surface area contributed by atoms with Gasteiger partial charge in [0.05, 0.1) is 4.91 Å². The molecule has 0 spiro atoms. The number of rotatable bonds is 3. The molecule has 1 N–H and O–H groups in total. The maximum Gasteiger partial charge on any atom is 0.263 e. The maximum atomic E-state index is 11.9. The van der Waals surface area contributed by atoms with Gasteiger partial charge >= 0.3 is 0 Å². The van der Waals surface area contributed by atoms with Crippen molar-refractivity contribution in [2.75, 3.05) is 0 Å². The molecule has 0 radical (unpaired) electrons. The first-order valence-electron chi connectivity index (χ1n) is 7.95. The Morgan fingerprint density at radius 2 is 1.76 bits per heavy atom. The molecule has 2 aromatic rings. The molecule has 0 aliphatic carbocycles. The summed E-state index contributed by atoms with van der Waals surface area (Å²) in [4.78, 5) is 12.4. The van der Waals surface area contributed by atoms with Crippen LogP contribution in [0.4, 0.5) is 0 Å². The van der Waals surface area contributed by atoms with Crippen LogP contribution in [0.1, 0.15) is 31.9 Å². The summed E-state index contributed by atoms with van der Waals surface area (Å²) in [6.45, 7) is 6.54. The van der Waals surface area contributed by atoms with Crippen molar-refractivity contribution in [3.05, 3.63) is 64.6 Å². The third kappa shape index (κ3) is 4.30. The quantitative estimate of drug-likeness (QED) is 0.591. The van der Waals surface area contributed by atoms with Gasteiger partial charge in [0.2, 0.25) is 0 Å². The zero-order valence-electron chi connectivity index (χ0n) is 14.3. The highest BCUT2D eigenvalue weighted by Crippen LogP contribution is 2.32. The lowest BCUT2D eigenvalue weighted by Gasteiger charge is -2.19. The van der Waals surface area contributed by atoms with Gasteiger partial charge in [-0.3, -0.25) is 4.79 Å². The number of ether oxygens (including phenoxy) is 1. The largest absolute Gasteiger partial charge is 0.457 e. The van der Waals surface area contributed by atoms with Crippen LogP contribution in [-0.4, -0.2) is 10.2 Å². The molecule has 25 heavy (non-hydrogen) atoms. The van der Waals surface area contributed by atoms with Crippen LogP contribution < -0.4 is 10.1 Å². The Morgan fingerprint density at radius 3 is 2.36 bits per heavy atom. The number of hydrogen-bond donors (Lipinski definition) is 1. The molecule has 1 saturated heterocycles.